The van der Waals surface area contributed by atoms with Gasteiger partial charge in [-0.1, -0.05) is 20.3 Å². The first-order chi connectivity index (χ1) is 7.74. The van der Waals surface area contributed by atoms with E-state index in [4.69, 9.17) is 0 Å². The number of rotatable bonds is 4. The summed E-state index contributed by atoms with van der Waals surface area (Å²) in [4.78, 5) is 2.73. The van der Waals surface area contributed by atoms with Crippen LogP contribution in [-0.4, -0.2) is 37.6 Å². The van der Waals surface area contributed by atoms with Crippen molar-refractivity contribution in [1.82, 2.24) is 10.2 Å². The Balaban J connectivity index is 1.89. The van der Waals surface area contributed by atoms with Crippen molar-refractivity contribution in [1.29, 1.82) is 0 Å². The van der Waals surface area contributed by atoms with E-state index in [-0.39, 0.29) is 0 Å². The Morgan fingerprint density at radius 1 is 1.44 bits per heavy atom. The highest BCUT2D eigenvalue weighted by atomic mass is 15.1. The highest BCUT2D eigenvalue weighted by Crippen LogP contribution is 2.33. The van der Waals surface area contributed by atoms with Crippen LogP contribution in [0.5, 0.6) is 0 Å². The van der Waals surface area contributed by atoms with Crippen LogP contribution in [0, 0.1) is 11.3 Å². The molecule has 2 rings (SSSR count). The van der Waals surface area contributed by atoms with Gasteiger partial charge in [-0.15, -0.1) is 0 Å². The standard InChI is InChI=1S/C14H28N2/c1-3-6-14(7-8-15-11-14)12-16-9-4-5-13(2)10-16/h13,15H,3-12H2,1-2H3. The van der Waals surface area contributed by atoms with Crippen LogP contribution in [0.1, 0.15) is 46.0 Å². The van der Waals surface area contributed by atoms with E-state index in [1.165, 1.54) is 64.8 Å². The first-order valence-corrected chi connectivity index (χ1v) is 7.17. The molecule has 0 aliphatic carbocycles. The molecular formula is C14H28N2. The van der Waals surface area contributed by atoms with Crippen molar-refractivity contribution < 1.29 is 0 Å². The molecule has 0 aromatic heterocycles. The van der Waals surface area contributed by atoms with Gasteiger partial charge in [0.05, 0.1) is 0 Å². The number of piperidine rings is 1. The Hall–Kier alpha value is -0.0800. The first-order valence-electron chi connectivity index (χ1n) is 7.17. The van der Waals surface area contributed by atoms with E-state index < -0.39 is 0 Å². The maximum atomic E-state index is 3.57. The Bertz CT molecular complexity index is 209. The van der Waals surface area contributed by atoms with Gasteiger partial charge in [0.25, 0.3) is 0 Å². The van der Waals surface area contributed by atoms with Gasteiger partial charge in [-0.25, -0.2) is 0 Å². The minimum atomic E-state index is 0.603. The van der Waals surface area contributed by atoms with Gasteiger partial charge in [-0.3, -0.25) is 0 Å². The summed E-state index contributed by atoms with van der Waals surface area (Å²) < 4.78 is 0. The minimum absolute atomic E-state index is 0.603. The van der Waals surface area contributed by atoms with E-state index >= 15 is 0 Å². The molecule has 16 heavy (non-hydrogen) atoms. The molecule has 2 heteroatoms. The van der Waals surface area contributed by atoms with E-state index in [9.17, 15) is 0 Å². The average molecular weight is 224 g/mol. The van der Waals surface area contributed by atoms with Crippen molar-refractivity contribution in [2.45, 2.75) is 46.0 Å². The van der Waals surface area contributed by atoms with Crippen LogP contribution in [0.15, 0.2) is 0 Å². The second-order valence-corrected chi connectivity index (χ2v) is 6.16. The molecule has 2 fully saturated rings. The summed E-state index contributed by atoms with van der Waals surface area (Å²) in [6, 6.07) is 0. The quantitative estimate of drug-likeness (QED) is 0.789. The SMILES string of the molecule is CCCC1(CN2CCCC(C)C2)CCNC1. The van der Waals surface area contributed by atoms with Crippen molar-refractivity contribution in [3.05, 3.63) is 0 Å². The molecule has 2 nitrogen and oxygen atoms in total. The lowest BCUT2D eigenvalue weighted by atomic mass is 9.81. The zero-order chi connectivity index (χ0) is 11.4. The lowest BCUT2D eigenvalue weighted by Crippen LogP contribution is -2.43. The maximum Gasteiger partial charge on any atom is 0.00507 e. The third-order valence-electron chi connectivity index (χ3n) is 4.41. The first kappa shape index (κ1) is 12.4. The smallest absolute Gasteiger partial charge is 0.00507 e. The van der Waals surface area contributed by atoms with Gasteiger partial charge in [0.2, 0.25) is 0 Å². The van der Waals surface area contributed by atoms with Gasteiger partial charge < -0.3 is 10.2 Å². The van der Waals surface area contributed by atoms with E-state index in [2.05, 4.69) is 24.1 Å². The lowest BCUT2D eigenvalue weighted by Gasteiger charge is -2.38. The van der Waals surface area contributed by atoms with Crippen molar-refractivity contribution in [2.24, 2.45) is 11.3 Å². The predicted octanol–water partition coefficient (Wildman–Crippen LogP) is 2.50. The van der Waals surface area contributed by atoms with Gasteiger partial charge in [-0.2, -0.15) is 0 Å². The number of hydrogen-bond donors (Lipinski definition) is 1. The zero-order valence-electron chi connectivity index (χ0n) is 11.1. The monoisotopic (exact) mass is 224 g/mol. The van der Waals surface area contributed by atoms with Crippen LogP contribution < -0.4 is 5.32 Å². The Morgan fingerprint density at radius 2 is 2.31 bits per heavy atom. The topological polar surface area (TPSA) is 15.3 Å². The fourth-order valence-corrected chi connectivity index (χ4v) is 3.66. The summed E-state index contributed by atoms with van der Waals surface area (Å²) in [5, 5.41) is 3.57. The van der Waals surface area contributed by atoms with Crippen molar-refractivity contribution in [3.63, 3.8) is 0 Å². The normalized spacial score (nSPS) is 36.8. The largest absolute Gasteiger partial charge is 0.316 e. The van der Waals surface area contributed by atoms with Crippen molar-refractivity contribution >= 4 is 0 Å². The van der Waals surface area contributed by atoms with Crippen LogP contribution in [0.25, 0.3) is 0 Å². The fraction of sp³-hybridized carbons (Fsp3) is 1.00. The van der Waals surface area contributed by atoms with Crippen molar-refractivity contribution in [3.8, 4) is 0 Å². The Kier molecular flexibility index (Phi) is 4.26. The van der Waals surface area contributed by atoms with Gasteiger partial charge in [0.15, 0.2) is 0 Å². The van der Waals surface area contributed by atoms with E-state index in [1.807, 2.05) is 0 Å². The van der Waals surface area contributed by atoms with Crippen LogP contribution in [0.4, 0.5) is 0 Å². The molecule has 0 aromatic rings. The van der Waals surface area contributed by atoms with Crippen LogP contribution in [0.3, 0.4) is 0 Å². The molecule has 1 N–H and O–H groups in total. The fourth-order valence-electron chi connectivity index (χ4n) is 3.66. The molecule has 0 spiro atoms. The maximum absolute atomic E-state index is 3.57. The number of nitrogens with zero attached hydrogens (tertiary/aromatic N) is 1. The third-order valence-corrected chi connectivity index (χ3v) is 4.41. The number of nitrogens with one attached hydrogen (secondary N) is 1. The molecular weight excluding hydrogens is 196 g/mol. The molecule has 0 bridgehead atoms. The zero-order valence-corrected chi connectivity index (χ0v) is 11.1. The summed E-state index contributed by atoms with van der Waals surface area (Å²) in [6.07, 6.45) is 6.99. The molecule has 2 aliphatic rings. The van der Waals surface area contributed by atoms with Crippen LogP contribution >= 0.6 is 0 Å². The highest BCUT2D eigenvalue weighted by molar-refractivity contribution is 4.91. The second kappa shape index (κ2) is 5.50. The summed E-state index contributed by atoms with van der Waals surface area (Å²) in [7, 11) is 0. The highest BCUT2D eigenvalue weighted by Gasteiger charge is 2.35. The van der Waals surface area contributed by atoms with Crippen LogP contribution in [0.2, 0.25) is 0 Å². The van der Waals surface area contributed by atoms with Gasteiger partial charge in [0.1, 0.15) is 0 Å². The number of hydrogen-bond acceptors (Lipinski definition) is 2. The lowest BCUT2D eigenvalue weighted by molar-refractivity contribution is 0.110. The molecule has 0 radical (unpaired) electrons. The van der Waals surface area contributed by atoms with E-state index in [1.54, 1.807) is 0 Å². The Labute approximate surface area is 101 Å². The minimum Gasteiger partial charge on any atom is -0.316 e. The van der Waals surface area contributed by atoms with E-state index in [0.717, 1.165) is 5.92 Å². The average Bonchev–Trinajstić information content (AvgIpc) is 2.67. The predicted molar refractivity (Wildman–Crippen MR) is 69.7 cm³/mol. The van der Waals surface area contributed by atoms with E-state index in [0.29, 0.717) is 5.41 Å². The van der Waals surface area contributed by atoms with Gasteiger partial charge >= 0.3 is 0 Å². The molecule has 0 saturated carbocycles. The summed E-state index contributed by atoms with van der Waals surface area (Å²) in [6.45, 7) is 11.3. The number of likely N-dealkylation sites (tertiary alicyclic amines) is 1. The molecule has 2 saturated heterocycles. The molecule has 94 valence electrons. The molecule has 0 amide bonds. The van der Waals surface area contributed by atoms with Gasteiger partial charge in [-0.05, 0) is 50.1 Å². The molecule has 0 aromatic carbocycles. The molecule has 2 atom stereocenters. The molecule has 2 heterocycles. The van der Waals surface area contributed by atoms with Crippen LogP contribution in [-0.2, 0) is 0 Å². The second-order valence-electron chi connectivity index (χ2n) is 6.16. The molecule has 2 unspecified atom stereocenters. The summed E-state index contributed by atoms with van der Waals surface area (Å²) in [5.41, 5.74) is 0.603. The van der Waals surface area contributed by atoms with Crippen molar-refractivity contribution in [2.75, 3.05) is 32.7 Å². The summed E-state index contributed by atoms with van der Waals surface area (Å²) >= 11 is 0. The summed E-state index contributed by atoms with van der Waals surface area (Å²) in [5.74, 6) is 0.918. The third kappa shape index (κ3) is 2.98. The Morgan fingerprint density at radius 3 is 2.94 bits per heavy atom. The molecule has 2 aliphatic heterocycles. The van der Waals surface area contributed by atoms with Gasteiger partial charge in [0, 0.05) is 19.6 Å².